The molecule has 1 aromatic heterocycles. The van der Waals surface area contributed by atoms with E-state index >= 15 is 0 Å². The van der Waals surface area contributed by atoms with Gasteiger partial charge in [-0.3, -0.25) is 19.3 Å². The molecule has 0 atom stereocenters. The zero-order valence-corrected chi connectivity index (χ0v) is 19.8. The third-order valence-electron chi connectivity index (χ3n) is 4.66. The van der Waals surface area contributed by atoms with Crippen molar-refractivity contribution in [3.05, 3.63) is 58.3 Å². The molecule has 1 saturated heterocycles. The molecule has 3 amide bonds. The Balaban J connectivity index is 1.40. The van der Waals surface area contributed by atoms with E-state index in [1.54, 1.807) is 23.6 Å². The van der Waals surface area contributed by atoms with Gasteiger partial charge in [-0.15, -0.1) is 11.3 Å². The Labute approximate surface area is 195 Å². The monoisotopic (exact) mass is 493 g/mol. The number of carbonyl (C=O) groups excluding carboxylic acids is 3. The normalized spacial score (nSPS) is 15.7. The largest absolute Gasteiger partial charge is 0.354 e. The maximum atomic E-state index is 12.5. The second kappa shape index (κ2) is 10.9. The third-order valence-corrected chi connectivity index (χ3v) is 8.80. The Kier molecular flexibility index (Phi) is 8.24. The van der Waals surface area contributed by atoms with Crippen molar-refractivity contribution in [1.82, 2.24) is 14.5 Å². The van der Waals surface area contributed by atoms with Crippen LogP contribution in [0, 0.1) is 0 Å². The number of hydrogen-bond donors (Lipinski definition) is 1. The number of amides is 3. The van der Waals surface area contributed by atoms with Gasteiger partial charge in [0.25, 0.3) is 21.2 Å². The molecule has 2 aromatic rings. The second-order valence-electron chi connectivity index (χ2n) is 6.96. The van der Waals surface area contributed by atoms with Crippen LogP contribution in [0.5, 0.6) is 0 Å². The van der Waals surface area contributed by atoms with Crippen LogP contribution in [0.3, 0.4) is 0 Å². The summed E-state index contributed by atoms with van der Waals surface area (Å²) in [6.07, 6.45) is 2.17. The lowest BCUT2D eigenvalue weighted by atomic mass is 10.2. The van der Waals surface area contributed by atoms with Crippen molar-refractivity contribution in [2.75, 3.05) is 26.7 Å². The van der Waals surface area contributed by atoms with Crippen LogP contribution in [-0.2, 0) is 19.6 Å². The molecule has 8 nitrogen and oxygen atoms in total. The molecule has 0 saturated carbocycles. The van der Waals surface area contributed by atoms with E-state index in [0.717, 1.165) is 33.6 Å². The van der Waals surface area contributed by atoms with E-state index in [1.807, 2.05) is 30.3 Å². The van der Waals surface area contributed by atoms with Crippen molar-refractivity contribution in [2.45, 2.75) is 17.1 Å². The van der Waals surface area contributed by atoms with Crippen LogP contribution in [0.15, 0.2) is 57.0 Å². The minimum Gasteiger partial charge on any atom is -0.354 e. The van der Waals surface area contributed by atoms with Crippen molar-refractivity contribution in [3.63, 3.8) is 0 Å². The minimum absolute atomic E-state index is 0.0786. The smallest absolute Gasteiger partial charge is 0.293 e. The molecular weight excluding hydrogens is 470 g/mol. The first kappa shape index (κ1) is 24.2. The summed E-state index contributed by atoms with van der Waals surface area (Å²) >= 11 is 2.03. The molecular formula is C21H23N3O5S3. The Morgan fingerprint density at radius 2 is 1.91 bits per heavy atom. The summed E-state index contributed by atoms with van der Waals surface area (Å²) in [6, 6.07) is 12.5. The van der Waals surface area contributed by atoms with Crippen molar-refractivity contribution >= 4 is 56.3 Å². The van der Waals surface area contributed by atoms with Gasteiger partial charge in [-0.05, 0) is 41.3 Å². The van der Waals surface area contributed by atoms with E-state index in [-0.39, 0.29) is 47.3 Å². The van der Waals surface area contributed by atoms with Gasteiger partial charge < -0.3 is 5.32 Å². The zero-order chi connectivity index (χ0) is 23.1. The third kappa shape index (κ3) is 6.06. The van der Waals surface area contributed by atoms with Gasteiger partial charge in [0.15, 0.2) is 0 Å². The SMILES string of the molecule is CN(CCCC(=O)NCCN1C(=O)S/C(=C\c2ccccc2)C1=O)S(=O)(=O)c1cccs1. The van der Waals surface area contributed by atoms with Gasteiger partial charge in [-0.1, -0.05) is 36.4 Å². The molecule has 0 spiro atoms. The van der Waals surface area contributed by atoms with Crippen LogP contribution < -0.4 is 5.32 Å². The lowest BCUT2D eigenvalue weighted by Gasteiger charge is -2.16. The average Bonchev–Trinajstić information content (AvgIpc) is 3.40. The molecule has 32 heavy (non-hydrogen) atoms. The van der Waals surface area contributed by atoms with Gasteiger partial charge >= 0.3 is 0 Å². The number of thioether (sulfide) groups is 1. The number of nitrogens with one attached hydrogen (secondary N) is 1. The summed E-state index contributed by atoms with van der Waals surface area (Å²) in [6.45, 7) is 0.426. The van der Waals surface area contributed by atoms with Crippen LogP contribution >= 0.6 is 23.1 Å². The van der Waals surface area contributed by atoms with Gasteiger partial charge in [-0.2, -0.15) is 0 Å². The standard InChI is InChI=1S/C21H23N3O5S3/c1-23(32(28,29)19-10-6-14-30-19)12-5-9-18(25)22-11-13-24-20(26)17(31-21(24)27)15-16-7-3-2-4-8-16/h2-4,6-8,10,14-15H,5,9,11-13H2,1H3,(H,22,25)/b17-15-. The molecule has 11 heteroatoms. The first-order valence-electron chi connectivity index (χ1n) is 9.86. The Bertz CT molecular complexity index is 1100. The molecule has 0 radical (unpaired) electrons. The van der Waals surface area contributed by atoms with Gasteiger partial charge in [0.2, 0.25) is 5.91 Å². The highest BCUT2D eigenvalue weighted by Crippen LogP contribution is 2.31. The highest BCUT2D eigenvalue weighted by Gasteiger charge is 2.34. The van der Waals surface area contributed by atoms with Gasteiger partial charge in [0.05, 0.1) is 4.91 Å². The lowest BCUT2D eigenvalue weighted by molar-refractivity contribution is -0.124. The van der Waals surface area contributed by atoms with Crippen LogP contribution in [0.4, 0.5) is 4.79 Å². The van der Waals surface area contributed by atoms with Crippen LogP contribution in [0.1, 0.15) is 18.4 Å². The summed E-state index contributed by atoms with van der Waals surface area (Å²) in [5.41, 5.74) is 0.831. The maximum absolute atomic E-state index is 12.5. The van der Waals surface area contributed by atoms with Crippen LogP contribution in [0.2, 0.25) is 0 Å². The predicted molar refractivity (Wildman–Crippen MR) is 125 cm³/mol. The van der Waals surface area contributed by atoms with Crippen LogP contribution in [0.25, 0.3) is 6.08 Å². The number of benzene rings is 1. The quantitative estimate of drug-likeness (QED) is 0.511. The summed E-state index contributed by atoms with van der Waals surface area (Å²) in [5.74, 6) is -0.641. The molecule has 3 rings (SSSR count). The maximum Gasteiger partial charge on any atom is 0.293 e. The predicted octanol–water partition coefficient (Wildman–Crippen LogP) is 3.00. The lowest BCUT2D eigenvalue weighted by Crippen LogP contribution is -2.37. The average molecular weight is 494 g/mol. The first-order valence-corrected chi connectivity index (χ1v) is 13.0. The zero-order valence-electron chi connectivity index (χ0n) is 17.4. The fraction of sp³-hybridized carbons (Fsp3) is 0.286. The molecule has 2 heterocycles. The molecule has 170 valence electrons. The molecule has 1 aliphatic heterocycles. The van der Waals surface area contributed by atoms with Crippen molar-refractivity contribution < 1.29 is 22.8 Å². The van der Waals surface area contributed by atoms with Crippen LogP contribution in [-0.4, -0.2) is 61.4 Å². The number of thiophene rings is 1. The highest BCUT2D eigenvalue weighted by atomic mass is 32.2. The van der Waals surface area contributed by atoms with E-state index < -0.39 is 10.0 Å². The van der Waals surface area contributed by atoms with Crippen molar-refractivity contribution in [2.24, 2.45) is 0 Å². The molecule has 1 aromatic carbocycles. The fourth-order valence-electron chi connectivity index (χ4n) is 2.94. The summed E-state index contributed by atoms with van der Waals surface area (Å²) < 4.78 is 26.2. The van der Waals surface area contributed by atoms with Gasteiger partial charge in [-0.25, -0.2) is 12.7 Å². The minimum atomic E-state index is -3.53. The number of rotatable bonds is 10. The molecule has 0 bridgehead atoms. The Morgan fingerprint density at radius 3 is 2.59 bits per heavy atom. The Morgan fingerprint density at radius 1 is 1.16 bits per heavy atom. The summed E-state index contributed by atoms with van der Waals surface area (Å²) in [7, 11) is -2.05. The molecule has 1 fully saturated rings. The van der Waals surface area contributed by atoms with E-state index in [2.05, 4.69) is 5.32 Å². The van der Waals surface area contributed by atoms with E-state index in [0.29, 0.717) is 11.3 Å². The van der Waals surface area contributed by atoms with Gasteiger partial charge in [0, 0.05) is 33.1 Å². The Hall–Kier alpha value is -2.47. The number of imide groups is 1. The first-order chi connectivity index (χ1) is 15.3. The fourth-order valence-corrected chi connectivity index (χ4v) is 6.21. The van der Waals surface area contributed by atoms with Crippen molar-refractivity contribution in [1.29, 1.82) is 0 Å². The molecule has 1 N–H and O–H groups in total. The highest BCUT2D eigenvalue weighted by molar-refractivity contribution is 8.18. The number of carbonyl (C=O) groups is 3. The van der Waals surface area contributed by atoms with E-state index in [1.165, 1.54) is 11.4 Å². The number of hydrogen-bond acceptors (Lipinski definition) is 7. The van der Waals surface area contributed by atoms with Crippen molar-refractivity contribution in [3.8, 4) is 0 Å². The number of nitrogens with zero attached hydrogens (tertiary/aromatic N) is 2. The number of sulfonamides is 1. The molecule has 0 aliphatic carbocycles. The van der Waals surface area contributed by atoms with Gasteiger partial charge in [0.1, 0.15) is 4.21 Å². The second-order valence-corrected chi connectivity index (χ2v) is 11.2. The summed E-state index contributed by atoms with van der Waals surface area (Å²) in [5, 5.41) is 4.00. The molecule has 0 unspecified atom stereocenters. The van der Waals surface area contributed by atoms with E-state index in [9.17, 15) is 22.8 Å². The molecule has 1 aliphatic rings. The van der Waals surface area contributed by atoms with E-state index in [4.69, 9.17) is 0 Å². The summed E-state index contributed by atoms with van der Waals surface area (Å²) in [4.78, 5) is 38.2. The topological polar surface area (TPSA) is 104 Å².